The third kappa shape index (κ3) is 8.44. The number of rotatable bonds is 7. The number of guanidine groups is 1. The normalized spacial score (nSPS) is 10.9. The van der Waals surface area contributed by atoms with Gasteiger partial charge < -0.3 is 16.0 Å². The van der Waals surface area contributed by atoms with Gasteiger partial charge in [0.2, 0.25) is 5.91 Å². The number of anilines is 1. The van der Waals surface area contributed by atoms with Gasteiger partial charge in [-0.15, -0.1) is 35.3 Å². The Kier molecular flexibility index (Phi) is 10.6. The number of aliphatic imine (C=N–C) groups is 1. The monoisotopic (exact) mass is 521 g/mol. The van der Waals surface area contributed by atoms with E-state index < -0.39 is 0 Å². The van der Waals surface area contributed by atoms with Crippen LogP contribution in [0.25, 0.3) is 0 Å². The Balaban J connectivity index is 0.00000364. The molecule has 0 unspecified atom stereocenters. The van der Waals surface area contributed by atoms with Gasteiger partial charge in [-0.25, -0.2) is 4.98 Å². The fourth-order valence-electron chi connectivity index (χ4n) is 2.25. The van der Waals surface area contributed by atoms with Crippen LogP contribution in [0.4, 0.5) is 5.69 Å². The molecule has 9 heteroatoms. The van der Waals surface area contributed by atoms with Crippen LogP contribution >= 0.6 is 46.9 Å². The summed E-state index contributed by atoms with van der Waals surface area (Å²) >= 11 is 7.82. The molecule has 1 aromatic carbocycles. The van der Waals surface area contributed by atoms with Crippen molar-refractivity contribution in [3.8, 4) is 0 Å². The highest BCUT2D eigenvalue weighted by atomic mass is 127. The molecule has 6 nitrogen and oxygen atoms in total. The molecule has 0 bridgehead atoms. The Hall–Kier alpha value is -1.39. The van der Waals surface area contributed by atoms with Crippen LogP contribution in [0.3, 0.4) is 0 Å². The molecular formula is C18H25ClIN5OS. The summed E-state index contributed by atoms with van der Waals surface area (Å²) in [4.78, 5) is 21.7. The number of amides is 1. The fraction of sp³-hybridized carbons (Fsp3) is 0.389. The number of hydrogen-bond acceptors (Lipinski definition) is 4. The van der Waals surface area contributed by atoms with E-state index >= 15 is 0 Å². The maximum absolute atomic E-state index is 12.0. The number of nitrogens with zero attached hydrogens (tertiary/aromatic N) is 2. The van der Waals surface area contributed by atoms with Gasteiger partial charge in [0.1, 0.15) is 0 Å². The van der Waals surface area contributed by atoms with Gasteiger partial charge in [0, 0.05) is 44.1 Å². The van der Waals surface area contributed by atoms with Gasteiger partial charge in [0.25, 0.3) is 0 Å². The third-order valence-electron chi connectivity index (χ3n) is 3.57. The molecule has 1 amide bonds. The van der Waals surface area contributed by atoms with E-state index in [4.69, 9.17) is 11.6 Å². The third-order valence-corrected chi connectivity index (χ3v) is 4.85. The number of hydrogen-bond donors (Lipinski definition) is 3. The second-order valence-electron chi connectivity index (χ2n) is 5.82. The number of carbonyl (C=O) groups is 1. The molecule has 3 N–H and O–H groups in total. The standard InChI is InChI=1S/C18H24ClN5OS.HI/c1-12-4-5-15(14(19)10-12)24-16(25)6-8-21-18(20-3)22-9-7-17-23-11-13(2)26-17;/h4-5,10-11H,6-9H2,1-3H3,(H,24,25)(H2,20,21,22);1H. The van der Waals surface area contributed by atoms with E-state index in [1.165, 1.54) is 4.88 Å². The molecule has 0 aliphatic carbocycles. The molecular weight excluding hydrogens is 497 g/mol. The fourth-order valence-corrected chi connectivity index (χ4v) is 3.32. The van der Waals surface area contributed by atoms with Crippen LogP contribution in [-0.4, -0.2) is 37.0 Å². The van der Waals surface area contributed by atoms with Crippen molar-refractivity contribution in [3.05, 3.63) is 44.9 Å². The van der Waals surface area contributed by atoms with Crippen LogP contribution in [0.1, 0.15) is 21.9 Å². The van der Waals surface area contributed by atoms with Crippen molar-refractivity contribution in [2.24, 2.45) is 4.99 Å². The van der Waals surface area contributed by atoms with Gasteiger partial charge in [-0.3, -0.25) is 9.79 Å². The lowest BCUT2D eigenvalue weighted by atomic mass is 10.2. The number of halogens is 2. The predicted molar refractivity (Wildman–Crippen MR) is 125 cm³/mol. The molecule has 0 fully saturated rings. The van der Waals surface area contributed by atoms with Crippen LogP contribution < -0.4 is 16.0 Å². The number of benzene rings is 1. The Bertz CT molecular complexity index is 781. The minimum absolute atomic E-state index is 0. The molecule has 148 valence electrons. The zero-order chi connectivity index (χ0) is 18.9. The smallest absolute Gasteiger partial charge is 0.226 e. The molecule has 0 saturated heterocycles. The second-order valence-corrected chi connectivity index (χ2v) is 7.55. The molecule has 0 atom stereocenters. The maximum atomic E-state index is 12.0. The summed E-state index contributed by atoms with van der Waals surface area (Å²) in [5.41, 5.74) is 1.68. The lowest BCUT2D eigenvalue weighted by Gasteiger charge is -2.12. The molecule has 0 spiro atoms. The van der Waals surface area contributed by atoms with Crippen LogP contribution in [-0.2, 0) is 11.2 Å². The van der Waals surface area contributed by atoms with E-state index in [1.54, 1.807) is 18.4 Å². The SMILES string of the molecule is CN=C(NCCC(=O)Nc1ccc(C)cc1Cl)NCCc1ncc(C)s1.I. The Morgan fingerprint density at radius 1 is 1.26 bits per heavy atom. The zero-order valence-electron chi connectivity index (χ0n) is 15.6. The van der Waals surface area contributed by atoms with E-state index in [0.29, 0.717) is 29.6 Å². The quantitative estimate of drug-likeness (QED) is 0.294. The van der Waals surface area contributed by atoms with E-state index in [2.05, 4.69) is 25.9 Å². The zero-order valence-corrected chi connectivity index (χ0v) is 19.5. The van der Waals surface area contributed by atoms with E-state index in [1.807, 2.05) is 38.2 Å². The minimum Gasteiger partial charge on any atom is -0.356 e. The van der Waals surface area contributed by atoms with Crippen molar-refractivity contribution in [2.45, 2.75) is 26.7 Å². The van der Waals surface area contributed by atoms with E-state index in [0.717, 1.165) is 23.5 Å². The average molecular weight is 522 g/mol. The first-order valence-electron chi connectivity index (χ1n) is 8.39. The maximum Gasteiger partial charge on any atom is 0.226 e. The Labute approximate surface area is 186 Å². The highest BCUT2D eigenvalue weighted by Crippen LogP contribution is 2.22. The van der Waals surface area contributed by atoms with Crippen molar-refractivity contribution in [1.29, 1.82) is 0 Å². The first kappa shape index (κ1) is 23.6. The lowest BCUT2D eigenvalue weighted by Crippen LogP contribution is -2.39. The summed E-state index contributed by atoms with van der Waals surface area (Å²) in [7, 11) is 1.70. The van der Waals surface area contributed by atoms with Crippen LogP contribution in [0.2, 0.25) is 5.02 Å². The summed E-state index contributed by atoms with van der Waals surface area (Å²) in [5.74, 6) is 0.566. The van der Waals surface area contributed by atoms with Crippen molar-refractivity contribution in [1.82, 2.24) is 15.6 Å². The largest absolute Gasteiger partial charge is 0.356 e. The second kappa shape index (κ2) is 12.1. The van der Waals surface area contributed by atoms with E-state index in [9.17, 15) is 4.79 Å². The topological polar surface area (TPSA) is 78.4 Å². The number of aromatic nitrogens is 1. The summed E-state index contributed by atoms with van der Waals surface area (Å²) in [6, 6.07) is 5.55. The molecule has 0 saturated carbocycles. The Morgan fingerprint density at radius 3 is 2.63 bits per heavy atom. The lowest BCUT2D eigenvalue weighted by molar-refractivity contribution is -0.116. The van der Waals surface area contributed by atoms with Gasteiger partial charge in [-0.1, -0.05) is 17.7 Å². The van der Waals surface area contributed by atoms with Crippen molar-refractivity contribution in [3.63, 3.8) is 0 Å². The average Bonchev–Trinajstić information content (AvgIpc) is 3.01. The van der Waals surface area contributed by atoms with Crippen LogP contribution in [0, 0.1) is 13.8 Å². The molecule has 1 aromatic heterocycles. The molecule has 2 aromatic rings. The van der Waals surface area contributed by atoms with Crippen molar-refractivity contribution >= 4 is 64.5 Å². The van der Waals surface area contributed by atoms with Gasteiger partial charge in [0.15, 0.2) is 5.96 Å². The highest BCUT2D eigenvalue weighted by Gasteiger charge is 2.07. The van der Waals surface area contributed by atoms with E-state index in [-0.39, 0.29) is 29.9 Å². The molecule has 0 aliphatic heterocycles. The summed E-state index contributed by atoms with van der Waals surface area (Å²) < 4.78 is 0. The van der Waals surface area contributed by atoms with Gasteiger partial charge >= 0.3 is 0 Å². The van der Waals surface area contributed by atoms with Gasteiger partial charge in [0.05, 0.1) is 15.7 Å². The molecule has 0 aliphatic rings. The molecule has 2 rings (SSSR count). The summed E-state index contributed by atoms with van der Waals surface area (Å²) in [6.07, 6.45) is 3.04. The predicted octanol–water partition coefficient (Wildman–Crippen LogP) is 3.77. The Morgan fingerprint density at radius 2 is 2.00 bits per heavy atom. The van der Waals surface area contributed by atoms with Crippen molar-refractivity contribution < 1.29 is 4.79 Å². The summed E-state index contributed by atoms with van der Waals surface area (Å²) in [6.45, 7) is 5.21. The minimum atomic E-state index is -0.100. The molecule has 0 radical (unpaired) electrons. The van der Waals surface area contributed by atoms with Crippen molar-refractivity contribution in [2.75, 3.05) is 25.5 Å². The van der Waals surface area contributed by atoms with Crippen LogP contribution in [0.15, 0.2) is 29.4 Å². The van der Waals surface area contributed by atoms with Gasteiger partial charge in [-0.2, -0.15) is 0 Å². The number of carbonyl (C=O) groups excluding carboxylic acids is 1. The van der Waals surface area contributed by atoms with Gasteiger partial charge in [-0.05, 0) is 31.5 Å². The molecule has 27 heavy (non-hydrogen) atoms. The number of nitrogens with one attached hydrogen (secondary N) is 3. The first-order chi connectivity index (χ1) is 12.5. The number of aryl methyl sites for hydroxylation is 2. The summed E-state index contributed by atoms with van der Waals surface area (Å²) in [5, 5.41) is 10.8. The number of thiazole rings is 1. The highest BCUT2D eigenvalue weighted by molar-refractivity contribution is 14.0. The molecule has 1 heterocycles. The first-order valence-corrected chi connectivity index (χ1v) is 9.59. The van der Waals surface area contributed by atoms with Crippen LogP contribution in [0.5, 0.6) is 0 Å².